The van der Waals surface area contributed by atoms with E-state index in [4.69, 9.17) is 0 Å². The van der Waals surface area contributed by atoms with E-state index in [1.807, 2.05) is 11.8 Å². The van der Waals surface area contributed by atoms with Crippen molar-refractivity contribution < 1.29 is 5.11 Å². The molecule has 1 aromatic rings. The number of thioether (sulfide) groups is 1. The minimum Gasteiger partial charge on any atom is -0.394 e. The quantitative estimate of drug-likeness (QED) is 0.750. The largest absolute Gasteiger partial charge is 0.394 e. The lowest BCUT2D eigenvalue weighted by Crippen LogP contribution is -2.49. The highest BCUT2D eigenvalue weighted by molar-refractivity contribution is 7.99. The van der Waals surface area contributed by atoms with Crippen LogP contribution in [0.25, 0.3) is 0 Å². The Balaban J connectivity index is 2.50. The van der Waals surface area contributed by atoms with Crippen LogP contribution in [0.4, 0.5) is 0 Å². The summed E-state index contributed by atoms with van der Waals surface area (Å²) >= 11 is 1.86. The van der Waals surface area contributed by atoms with Gasteiger partial charge in [0.1, 0.15) is 0 Å². The van der Waals surface area contributed by atoms with Gasteiger partial charge in [0.15, 0.2) is 0 Å². The maximum Gasteiger partial charge on any atom is 0.0610 e. The number of aryl methyl sites for hydroxylation is 2. The summed E-state index contributed by atoms with van der Waals surface area (Å²) in [4.78, 5) is 1.31. The molecule has 0 aliphatic heterocycles. The van der Waals surface area contributed by atoms with Crippen molar-refractivity contribution in [3.63, 3.8) is 0 Å². The number of aliphatic hydroxyl groups excluding tert-OH is 1. The van der Waals surface area contributed by atoms with Crippen molar-refractivity contribution in [3.05, 3.63) is 29.3 Å². The monoisotopic (exact) mass is 281 g/mol. The number of hydrogen-bond acceptors (Lipinski definition) is 3. The molecule has 0 fully saturated rings. The van der Waals surface area contributed by atoms with Crippen LogP contribution >= 0.6 is 11.8 Å². The van der Waals surface area contributed by atoms with Crippen LogP contribution in [0.1, 0.15) is 38.3 Å². The summed E-state index contributed by atoms with van der Waals surface area (Å²) in [5.41, 5.74) is 2.50. The van der Waals surface area contributed by atoms with Gasteiger partial charge >= 0.3 is 0 Å². The zero-order valence-electron chi connectivity index (χ0n) is 12.8. The van der Waals surface area contributed by atoms with E-state index in [2.05, 4.69) is 58.1 Å². The molecule has 19 heavy (non-hydrogen) atoms. The Morgan fingerprint density at radius 2 is 1.95 bits per heavy atom. The lowest BCUT2D eigenvalue weighted by atomic mass is 9.99. The van der Waals surface area contributed by atoms with Gasteiger partial charge in [-0.15, -0.1) is 11.8 Å². The molecule has 0 aliphatic carbocycles. The molecule has 2 nitrogen and oxygen atoms in total. The first kappa shape index (κ1) is 16.5. The molecule has 0 amide bonds. The molecule has 1 atom stereocenters. The average molecular weight is 281 g/mol. The van der Waals surface area contributed by atoms with Gasteiger partial charge < -0.3 is 10.4 Å². The smallest absolute Gasteiger partial charge is 0.0610 e. The van der Waals surface area contributed by atoms with Crippen molar-refractivity contribution in [1.82, 2.24) is 5.32 Å². The summed E-state index contributed by atoms with van der Waals surface area (Å²) in [6, 6.07) is 6.99. The van der Waals surface area contributed by atoms with Crippen LogP contribution in [0, 0.1) is 13.8 Å². The number of nitrogens with one attached hydrogen (secondary N) is 1. The minimum absolute atomic E-state index is 0.179. The van der Waals surface area contributed by atoms with E-state index >= 15 is 0 Å². The van der Waals surface area contributed by atoms with Gasteiger partial charge in [-0.05, 0) is 56.2 Å². The van der Waals surface area contributed by atoms with E-state index in [9.17, 15) is 5.11 Å². The Bertz CT molecular complexity index is 406. The first-order valence-electron chi connectivity index (χ1n) is 6.95. The molecule has 3 heteroatoms. The van der Waals surface area contributed by atoms with Gasteiger partial charge in [-0.2, -0.15) is 0 Å². The molecule has 0 aromatic heterocycles. The Labute approximate surface area is 122 Å². The highest BCUT2D eigenvalue weighted by atomic mass is 32.2. The summed E-state index contributed by atoms with van der Waals surface area (Å²) in [5, 5.41) is 13.0. The van der Waals surface area contributed by atoms with Gasteiger partial charge in [-0.25, -0.2) is 0 Å². The zero-order valence-corrected chi connectivity index (χ0v) is 13.6. The molecule has 0 radical (unpaired) electrons. The molecular formula is C16H27NOS. The molecular weight excluding hydrogens is 254 g/mol. The fraction of sp³-hybridized carbons (Fsp3) is 0.625. The fourth-order valence-electron chi connectivity index (χ4n) is 2.09. The van der Waals surface area contributed by atoms with E-state index in [0.717, 1.165) is 12.2 Å². The molecule has 2 N–H and O–H groups in total. The summed E-state index contributed by atoms with van der Waals surface area (Å²) < 4.78 is 0. The highest BCUT2D eigenvalue weighted by Gasteiger charge is 2.23. The third-order valence-electron chi connectivity index (χ3n) is 3.39. The summed E-state index contributed by atoms with van der Waals surface area (Å²) in [7, 11) is 0. The van der Waals surface area contributed by atoms with Crippen molar-refractivity contribution in [2.45, 2.75) is 57.5 Å². The SMILES string of the molecule is Cc1ccc(SCCC(C)(CO)NC(C)C)cc1C. The minimum atomic E-state index is -0.180. The van der Waals surface area contributed by atoms with Crippen molar-refractivity contribution >= 4 is 11.8 Å². The Morgan fingerprint density at radius 1 is 1.26 bits per heavy atom. The second-order valence-electron chi connectivity index (χ2n) is 5.86. The third kappa shape index (κ3) is 5.55. The fourth-order valence-corrected chi connectivity index (χ4v) is 3.30. The predicted octanol–water partition coefficient (Wildman–Crippen LogP) is 3.53. The van der Waals surface area contributed by atoms with Gasteiger partial charge in [0, 0.05) is 16.5 Å². The van der Waals surface area contributed by atoms with Crippen molar-refractivity contribution in [3.8, 4) is 0 Å². The van der Waals surface area contributed by atoms with Gasteiger partial charge in [0.05, 0.1) is 6.61 Å². The standard InChI is InChI=1S/C16H27NOS/c1-12(2)17-16(5,11-18)8-9-19-15-7-6-13(3)14(4)10-15/h6-7,10,12,17-18H,8-9,11H2,1-5H3. The first-order valence-corrected chi connectivity index (χ1v) is 7.93. The van der Waals surface area contributed by atoms with Gasteiger partial charge in [-0.3, -0.25) is 0 Å². The summed E-state index contributed by atoms with van der Waals surface area (Å²) in [6.07, 6.45) is 0.958. The van der Waals surface area contributed by atoms with E-state index < -0.39 is 0 Å². The second kappa shape index (κ2) is 7.32. The summed E-state index contributed by atoms with van der Waals surface area (Å²) in [5.74, 6) is 1.01. The van der Waals surface area contributed by atoms with Crippen LogP contribution in [0.2, 0.25) is 0 Å². The molecule has 108 valence electrons. The van der Waals surface area contributed by atoms with Crippen molar-refractivity contribution in [1.29, 1.82) is 0 Å². The van der Waals surface area contributed by atoms with Crippen LogP contribution in [0.15, 0.2) is 23.1 Å². The molecule has 0 spiro atoms. The molecule has 1 aromatic carbocycles. The molecule has 0 saturated heterocycles. The zero-order chi connectivity index (χ0) is 14.5. The lowest BCUT2D eigenvalue weighted by Gasteiger charge is -2.31. The number of aliphatic hydroxyl groups is 1. The number of benzene rings is 1. The molecule has 0 heterocycles. The highest BCUT2D eigenvalue weighted by Crippen LogP contribution is 2.24. The van der Waals surface area contributed by atoms with E-state index in [-0.39, 0.29) is 12.1 Å². The molecule has 1 unspecified atom stereocenters. The van der Waals surface area contributed by atoms with Crippen LogP contribution in [-0.4, -0.2) is 29.0 Å². The normalized spacial score (nSPS) is 14.7. The van der Waals surface area contributed by atoms with Gasteiger partial charge in [0.2, 0.25) is 0 Å². The van der Waals surface area contributed by atoms with Crippen LogP contribution in [0.5, 0.6) is 0 Å². The van der Waals surface area contributed by atoms with Crippen LogP contribution in [-0.2, 0) is 0 Å². The van der Waals surface area contributed by atoms with E-state index in [1.54, 1.807) is 0 Å². The van der Waals surface area contributed by atoms with Gasteiger partial charge in [0.25, 0.3) is 0 Å². The van der Waals surface area contributed by atoms with E-state index in [0.29, 0.717) is 6.04 Å². The second-order valence-corrected chi connectivity index (χ2v) is 7.03. The topological polar surface area (TPSA) is 32.3 Å². The van der Waals surface area contributed by atoms with Crippen molar-refractivity contribution in [2.75, 3.05) is 12.4 Å². The maximum absolute atomic E-state index is 9.54. The molecule has 0 bridgehead atoms. The van der Waals surface area contributed by atoms with E-state index in [1.165, 1.54) is 16.0 Å². The Hall–Kier alpha value is -0.510. The molecule has 0 aliphatic rings. The third-order valence-corrected chi connectivity index (χ3v) is 4.38. The lowest BCUT2D eigenvalue weighted by molar-refractivity contribution is 0.162. The first-order chi connectivity index (χ1) is 8.86. The Kier molecular flexibility index (Phi) is 6.37. The number of hydrogen-bond donors (Lipinski definition) is 2. The predicted molar refractivity (Wildman–Crippen MR) is 85.0 cm³/mol. The summed E-state index contributed by atoms with van der Waals surface area (Å²) in [6.45, 7) is 10.8. The molecule has 1 rings (SSSR count). The molecule has 0 saturated carbocycles. The van der Waals surface area contributed by atoms with Gasteiger partial charge in [-0.1, -0.05) is 19.9 Å². The number of rotatable bonds is 7. The van der Waals surface area contributed by atoms with Crippen molar-refractivity contribution in [2.24, 2.45) is 0 Å². The van der Waals surface area contributed by atoms with Crippen LogP contribution in [0.3, 0.4) is 0 Å². The Morgan fingerprint density at radius 3 is 2.47 bits per heavy atom. The average Bonchev–Trinajstić information content (AvgIpc) is 2.33. The maximum atomic E-state index is 9.54. The van der Waals surface area contributed by atoms with Crippen LogP contribution < -0.4 is 5.32 Å².